The van der Waals surface area contributed by atoms with Crippen molar-refractivity contribution in [3.8, 4) is 33.9 Å². The molecule has 3 aromatic carbocycles. The minimum atomic E-state index is -0.522. The minimum Gasteiger partial charge on any atom is -0.461 e. The third-order valence-corrected chi connectivity index (χ3v) is 4.51. The number of hydrogen-bond acceptors (Lipinski definition) is 5. The molecule has 0 saturated heterocycles. The average molecular weight is 384 g/mol. The molecule has 0 unspecified atom stereocenters. The first-order valence-electron chi connectivity index (χ1n) is 9.36. The van der Waals surface area contributed by atoms with Gasteiger partial charge >= 0.3 is 5.97 Å². The van der Waals surface area contributed by atoms with Crippen LogP contribution >= 0.6 is 0 Å². The fourth-order valence-electron chi connectivity index (χ4n) is 3.14. The van der Waals surface area contributed by atoms with E-state index >= 15 is 0 Å². The van der Waals surface area contributed by atoms with E-state index in [9.17, 15) is 4.79 Å². The van der Waals surface area contributed by atoms with Gasteiger partial charge < -0.3 is 14.9 Å². The molecule has 144 valence electrons. The van der Waals surface area contributed by atoms with Crippen molar-refractivity contribution in [1.82, 2.24) is 4.98 Å². The summed E-state index contributed by atoms with van der Waals surface area (Å²) in [5, 5.41) is 0. The molecule has 4 aromatic rings. The van der Waals surface area contributed by atoms with E-state index in [0.717, 1.165) is 16.7 Å². The third-order valence-electron chi connectivity index (χ3n) is 4.51. The number of nitrogens with zero attached hydrogens (tertiary/aromatic N) is 1. The predicted octanol–water partition coefficient (Wildman–Crippen LogP) is 5.43. The van der Waals surface area contributed by atoms with Crippen LogP contribution in [0, 0.1) is 0 Å². The molecule has 0 aliphatic carbocycles. The number of rotatable bonds is 5. The molecule has 5 heteroatoms. The summed E-state index contributed by atoms with van der Waals surface area (Å²) in [6.45, 7) is 2.01. The summed E-state index contributed by atoms with van der Waals surface area (Å²) in [7, 11) is 0. The van der Waals surface area contributed by atoms with Crippen molar-refractivity contribution in [2.24, 2.45) is 0 Å². The second kappa shape index (κ2) is 8.02. The number of benzene rings is 3. The van der Waals surface area contributed by atoms with Crippen LogP contribution in [0.15, 0.2) is 83.3 Å². The third kappa shape index (κ3) is 3.75. The molecule has 1 heterocycles. The summed E-state index contributed by atoms with van der Waals surface area (Å²) in [6, 6.07) is 24.9. The van der Waals surface area contributed by atoms with Gasteiger partial charge in [0.2, 0.25) is 5.89 Å². The van der Waals surface area contributed by atoms with Crippen LogP contribution in [0.2, 0.25) is 0 Å². The second-order valence-electron chi connectivity index (χ2n) is 6.45. The van der Waals surface area contributed by atoms with E-state index in [4.69, 9.17) is 14.9 Å². The summed E-state index contributed by atoms with van der Waals surface area (Å²) >= 11 is 0. The molecule has 2 N–H and O–H groups in total. The molecule has 0 spiro atoms. The van der Waals surface area contributed by atoms with E-state index in [1.165, 1.54) is 0 Å². The zero-order chi connectivity index (χ0) is 20.2. The van der Waals surface area contributed by atoms with Crippen molar-refractivity contribution >= 4 is 11.7 Å². The molecule has 0 aliphatic rings. The molecule has 0 saturated carbocycles. The molecule has 0 fully saturated rings. The Labute approximate surface area is 168 Å². The molecule has 1 aromatic heterocycles. The number of anilines is 1. The number of esters is 1. The van der Waals surface area contributed by atoms with Crippen molar-refractivity contribution in [3.63, 3.8) is 0 Å². The van der Waals surface area contributed by atoms with Crippen molar-refractivity contribution in [2.75, 3.05) is 12.3 Å². The summed E-state index contributed by atoms with van der Waals surface area (Å²) in [4.78, 5) is 17.0. The quantitative estimate of drug-likeness (QED) is 0.366. The molecule has 0 radical (unpaired) electrons. The number of carbonyl (C=O) groups is 1. The standard InChI is InChI=1S/C24H20N2O3/c1-2-28-24(27)21-22(17-12-14-18(25)15-13-17)29-23(26-21)20-11-7-6-10-19(20)16-8-4-3-5-9-16/h3-15H,2,25H2,1H3. The fraction of sp³-hybridized carbons (Fsp3) is 0.0833. The maximum atomic E-state index is 12.5. The molecule has 0 amide bonds. The Morgan fingerprint density at radius 1 is 0.897 bits per heavy atom. The highest BCUT2D eigenvalue weighted by Gasteiger charge is 2.24. The molecular formula is C24H20N2O3. The SMILES string of the molecule is CCOC(=O)c1nc(-c2ccccc2-c2ccccc2)oc1-c1ccc(N)cc1. The van der Waals surface area contributed by atoms with Gasteiger partial charge in [0.1, 0.15) is 0 Å². The van der Waals surface area contributed by atoms with Gasteiger partial charge in [-0.1, -0.05) is 48.5 Å². The highest BCUT2D eigenvalue weighted by molar-refractivity contribution is 5.95. The molecule has 0 atom stereocenters. The zero-order valence-electron chi connectivity index (χ0n) is 16.0. The van der Waals surface area contributed by atoms with E-state index in [-0.39, 0.29) is 12.3 Å². The van der Waals surface area contributed by atoms with Gasteiger partial charge in [0.15, 0.2) is 11.5 Å². The number of oxazole rings is 1. The van der Waals surface area contributed by atoms with Crippen LogP contribution in [0.5, 0.6) is 0 Å². The summed E-state index contributed by atoms with van der Waals surface area (Å²) < 4.78 is 11.3. The maximum absolute atomic E-state index is 12.5. The Kier molecular flexibility index (Phi) is 5.12. The van der Waals surface area contributed by atoms with Crippen molar-refractivity contribution < 1.29 is 13.9 Å². The number of aromatic nitrogens is 1. The van der Waals surface area contributed by atoms with Gasteiger partial charge in [0.05, 0.1) is 6.61 Å². The Hall–Kier alpha value is -3.86. The number of ether oxygens (including phenoxy) is 1. The predicted molar refractivity (Wildman–Crippen MR) is 113 cm³/mol. The van der Waals surface area contributed by atoms with Crippen LogP contribution < -0.4 is 5.73 Å². The van der Waals surface area contributed by atoms with Gasteiger partial charge in [-0.3, -0.25) is 0 Å². The topological polar surface area (TPSA) is 78.3 Å². The van der Waals surface area contributed by atoms with E-state index in [0.29, 0.717) is 22.9 Å². The van der Waals surface area contributed by atoms with Gasteiger partial charge in [-0.2, -0.15) is 0 Å². The van der Waals surface area contributed by atoms with E-state index in [1.807, 2.05) is 54.6 Å². The summed E-state index contributed by atoms with van der Waals surface area (Å²) in [5.74, 6) is 0.201. The first-order valence-corrected chi connectivity index (χ1v) is 9.36. The van der Waals surface area contributed by atoms with Crippen LogP contribution in [-0.2, 0) is 4.74 Å². The number of carbonyl (C=O) groups excluding carboxylic acids is 1. The van der Waals surface area contributed by atoms with E-state index < -0.39 is 5.97 Å². The molecule has 4 rings (SSSR count). The monoisotopic (exact) mass is 384 g/mol. The number of nitrogen functional groups attached to an aromatic ring is 1. The Morgan fingerprint density at radius 3 is 2.24 bits per heavy atom. The lowest BCUT2D eigenvalue weighted by Crippen LogP contribution is -2.06. The smallest absolute Gasteiger partial charge is 0.361 e. The zero-order valence-corrected chi connectivity index (χ0v) is 16.0. The number of hydrogen-bond donors (Lipinski definition) is 1. The maximum Gasteiger partial charge on any atom is 0.361 e. The van der Waals surface area contributed by atoms with Crippen LogP contribution in [0.4, 0.5) is 5.69 Å². The largest absolute Gasteiger partial charge is 0.461 e. The van der Waals surface area contributed by atoms with Crippen LogP contribution in [0.25, 0.3) is 33.9 Å². The molecule has 5 nitrogen and oxygen atoms in total. The Morgan fingerprint density at radius 2 is 1.55 bits per heavy atom. The fourth-order valence-corrected chi connectivity index (χ4v) is 3.14. The average Bonchev–Trinajstić information content (AvgIpc) is 3.20. The lowest BCUT2D eigenvalue weighted by Gasteiger charge is -2.06. The van der Waals surface area contributed by atoms with Crippen LogP contribution in [0.1, 0.15) is 17.4 Å². The first-order chi connectivity index (χ1) is 14.2. The van der Waals surface area contributed by atoms with Crippen LogP contribution in [-0.4, -0.2) is 17.6 Å². The van der Waals surface area contributed by atoms with Gasteiger partial charge in [0.25, 0.3) is 0 Å². The first kappa shape index (κ1) is 18.5. The summed E-state index contributed by atoms with van der Waals surface area (Å²) in [6.07, 6.45) is 0. The highest BCUT2D eigenvalue weighted by Crippen LogP contribution is 2.35. The molecule has 29 heavy (non-hydrogen) atoms. The van der Waals surface area contributed by atoms with Crippen LogP contribution in [0.3, 0.4) is 0 Å². The highest BCUT2D eigenvalue weighted by atomic mass is 16.5. The molecule has 0 aliphatic heterocycles. The van der Waals surface area contributed by atoms with Gasteiger partial charge in [-0.15, -0.1) is 0 Å². The van der Waals surface area contributed by atoms with Gasteiger partial charge in [-0.05, 0) is 48.4 Å². The van der Waals surface area contributed by atoms with Gasteiger partial charge in [-0.25, -0.2) is 9.78 Å². The van der Waals surface area contributed by atoms with Crippen molar-refractivity contribution in [3.05, 3.63) is 84.6 Å². The van der Waals surface area contributed by atoms with Crippen molar-refractivity contribution in [1.29, 1.82) is 0 Å². The Balaban J connectivity index is 1.87. The summed E-state index contributed by atoms with van der Waals surface area (Å²) in [5.41, 5.74) is 10.1. The lowest BCUT2D eigenvalue weighted by atomic mass is 10.00. The van der Waals surface area contributed by atoms with Crippen molar-refractivity contribution in [2.45, 2.75) is 6.92 Å². The minimum absolute atomic E-state index is 0.148. The normalized spacial score (nSPS) is 10.7. The second-order valence-corrected chi connectivity index (χ2v) is 6.45. The number of nitrogens with two attached hydrogens (primary N) is 1. The molecule has 0 bridgehead atoms. The Bertz CT molecular complexity index is 1130. The van der Waals surface area contributed by atoms with Gasteiger partial charge in [0, 0.05) is 16.8 Å². The van der Waals surface area contributed by atoms with E-state index in [2.05, 4.69) is 4.98 Å². The lowest BCUT2D eigenvalue weighted by molar-refractivity contribution is 0.0520. The molecular weight excluding hydrogens is 364 g/mol. The van der Waals surface area contributed by atoms with E-state index in [1.54, 1.807) is 31.2 Å².